The van der Waals surface area contributed by atoms with Gasteiger partial charge in [0.25, 0.3) is 0 Å². The normalized spacial score (nSPS) is 10.6. The third-order valence-electron chi connectivity index (χ3n) is 5.39. The first kappa shape index (κ1) is 32.3. The highest BCUT2D eigenvalue weighted by Crippen LogP contribution is 2.33. The zero-order chi connectivity index (χ0) is 22.5. The number of rotatable bonds is 15. The van der Waals surface area contributed by atoms with Crippen molar-refractivity contribution in [2.75, 3.05) is 26.2 Å². The van der Waals surface area contributed by atoms with Crippen LogP contribution in [0.25, 0.3) is 0 Å². The summed E-state index contributed by atoms with van der Waals surface area (Å²) in [6.45, 7) is 12.3. The van der Waals surface area contributed by atoms with Gasteiger partial charge in [-0.25, -0.2) is 0 Å². The van der Waals surface area contributed by atoms with E-state index in [-0.39, 0.29) is 24.8 Å². The monoisotopic (exact) mass is 536 g/mol. The van der Waals surface area contributed by atoms with Crippen molar-refractivity contribution in [1.82, 2.24) is 10.2 Å². The van der Waals surface area contributed by atoms with Crippen LogP contribution in [-0.2, 0) is 13.2 Å². The molecule has 2 aromatic carbocycles. The van der Waals surface area contributed by atoms with Crippen LogP contribution in [0, 0.1) is 6.92 Å². The van der Waals surface area contributed by atoms with Crippen LogP contribution in [0.4, 0.5) is 0 Å². The fourth-order valence-corrected chi connectivity index (χ4v) is 4.09. The predicted molar refractivity (Wildman–Crippen MR) is 149 cm³/mol. The second-order valence-corrected chi connectivity index (χ2v) is 9.07. The van der Waals surface area contributed by atoms with Gasteiger partial charge in [-0.05, 0) is 70.1 Å². The van der Waals surface area contributed by atoms with E-state index >= 15 is 0 Å². The Morgan fingerprint density at radius 2 is 1.48 bits per heavy atom. The highest BCUT2D eigenvalue weighted by molar-refractivity contribution is 6.35. The maximum absolute atomic E-state index is 6.46. The third kappa shape index (κ3) is 12.5. The van der Waals surface area contributed by atoms with Crippen LogP contribution in [0.3, 0.4) is 0 Å². The molecule has 0 heterocycles. The van der Waals surface area contributed by atoms with Gasteiger partial charge >= 0.3 is 0 Å². The molecule has 0 amide bonds. The SMILES string of the molecule is CCCCN(CCCC)CCCNCc1cc(Cl)cc(Cl)c1OCc1ccc(C)cc1.Cl.Cl. The summed E-state index contributed by atoms with van der Waals surface area (Å²) in [5.41, 5.74) is 3.36. The Balaban J connectivity index is 0.00000512. The number of unbranched alkanes of at least 4 members (excludes halogenated alkanes) is 2. The average molecular weight is 538 g/mol. The van der Waals surface area contributed by atoms with Crippen LogP contribution in [0.2, 0.25) is 10.0 Å². The number of ether oxygens (including phenoxy) is 1. The van der Waals surface area contributed by atoms with Gasteiger partial charge < -0.3 is 15.0 Å². The largest absolute Gasteiger partial charge is 0.487 e. The van der Waals surface area contributed by atoms with Crippen LogP contribution in [0.5, 0.6) is 5.75 Å². The third-order valence-corrected chi connectivity index (χ3v) is 5.89. The standard InChI is InChI=1S/C26H38Cl2N2O.2ClH/c1-4-6-14-30(15-7-5-2)16-8-13-29-19-23-17-24(27)18-25(28)26(23)31-20-22-11-9-21(3)10-12-22;;/h9-12,17-18,29H,4-8,13-16,19-20H2,1-3H3;2*1H. The second-order valence-electron chi connectivity index (χ2n) is 8.23. The summed E-state index contributed by atoms with van der Waals surface area (Å²) in [5, 5.41) is 4.74. The number of nitrogens with one attached hydrogen (secondary N) is 1. The lowest BCUT2D eigenvalue weighted by Gasteiger charge is -2.22. The van der Waals surface area contributed by atoms with Crippen molar-refractivity contribution in [1.29, 1.82) is 0 Å². The molecule has 1 N–H and O–H groups in total. The molecule has 3 nitrogen and oxygen atoms in total. The fourth-order valence-electron chi connectivity index (χ4n) is 3.50. The molecule has 7 heteroatoms. The van der Waals surface area contributed by atoms with Crippen molar-refractivity contribution in [3.63, 3.8) is 0 Å². The summed E-state index contributed by atoms with van der Waals surface area (Å²) < 4.78 is 6.09. The Kier molecular flexibility index (Phi) is 18.2. The molecule has 0 saturated carbocycles. The first-order valence-electron chi connectivity index (χ1n) is 11.6. The highest BCUT2D eigenvalue weighted by Gasteiger charge is 2.11. The van der Waals surface area contributed by atoms with Crippen LogP contribution >= 0.6 is 48.0 Å². The van der Waals surface area contributed by atoms with E-state index in [0.717, 1.165) is 30.6 Å². The van der Waals surface area contributed by atoms with E-state index in [1.165, 1.54) is 44.3 Å². The van der Waals surface area contributed by atoms with Crippen LogP contribution < -0.4 is 10.1 Å². The molecule has 2 rings (SSSR count). The van der Waals surface area contributed by atoms with Gasteiger partial charge in [-0.15, -0.1) is 24.8 Å². The molecule has 0 aliphatic carbocycles. The van der Waals surface area contributed by atoms with Crippen molar-refractivity contribution in [2.45, 2.75) is 66.0 Å². The molecule has 0 aliphatic rings. The first-order chi connectivity index (χ1) is 15.0. The molecule has 0 aliphatic heterocycles. The molecule has 2 aromatic rings. The smallest absolute Gasteiger partial charge is 0.142 e. The second kappa shape index (κ2) is 18.6. The molecule has 0 unspecified atom stereocenters. The first-order valence-corrected chi connectivity index (χ1v) is 12.4. The Morgan fingerprint density at radius 1 is 0.879 bits per heavy atom. The molecule has 33 heavy (non-hydrogen) atoms. The lowest BCUT2D eigenvalue weighted by molar-refractivity contribution is 0.260. The Hall–Kier alpha value is -0.680. The van der Waals surface area contributed by atoms with Gasteiger partial charge in [-0.1, -0.05) is 79.7 Å². The number of hydrogen-bond acceptors (Lipinski definition) is 3. The van der Waals surface area contributed by atoms with E-state index in [4.69, 9.17) is 27.9 Å². The minimum Gasteiger partial charge on any atom is -0.487 e. The molecule has 0 saturated heterocycles. The number of hydrogen-bond donors (Lipinski definition) is 1. The zero-order valence-electron chi connectivity index (χ0n) is 20.2. The Bertz CT molecular complexity index is 764. The van der Waals surface area contributed by atoms with Crippen molar-refractivity contribution in [3.05, 3.63) is 63.1 Å². The maximum atomic E-state index is 6.46. The van der Waals surface area contributed by atoms with E-state index in [1.807, 2.05) is 6.07 Å². The molecule has 0 atom stereocenters. The van der Waals surface area contributed by atoms with Gasteiger partial charge in [0.2, 0.25) is 0 Å². The zero-order valence-corrected chi connectivity index (χ0v) is 23.3. The summed E-state index contributed by atoms with van der Waals surface area (Å²) >= 11 is 12.7. The van der Waals surface area contributed by atoms with E-state index in [1.54, 1.807) is 6.07 Å². The lowest BCUT2D eigenvalue weighted by atomic mass is 10.1. The molecule has 0 radical (unpaired) electrons. The molecule has 188 valence electrons. The number of aryl methyl sites for hydroxylation is 1. The Morgan fingerprint density at radius 3 is 2.09 bits per heavy atom. The average Bonchev–Trinajstić information content (AvgIpc) is 2.75. The van der Waals surface area contributed by atoms with Crippen molar-refractivity contribution in [3.8, 4) is 5.75 Å². The van der Waals surface area contributed by atoms with Crippen molar-refractivity contribution in [2.24, 2.45) is 0 Å². The van der Waals surface area contributed by atoms with Crippen molar-refractivity contribution >= 4 is 48.0 Å². The van der Waals surface area contributed by atoms with E-state index in [9.17, 15) is 0 Å². The summed E-state index contributed by atoms with van der Waals surface area (Å²) in [7, 11) is 0. The van der Waals surface area contributed by atoms with Crippen LogP contribution in [0.1, 0.15) is 62.6 Å². The highest BCUT2D eigenvalue weighted by atomic mass is 35.5. The quantitative estimate of drug-likeness (QED) is 0.232. The van der Waals surface area contributed by atoms with Gasteiger partial charge in [0.15, 0.2) is 0 Å². The predicted octanol–water partition coefficient (Wildman–Crippen LogP) is 8.11. The topological polar surface area (TPSA) is 24.5 Å². The summed E-state index contributed by atoms with van der Waals surface area (Å²) in [6, 6.07) is 12.0. The minimum atomic E-state index is 0. The molecule has 0 spiro atoms. The molecule has 0 bridgehead atoms. The number of nitrogens with zero attached hydrogens (tertiary/aromatic N) is 1. The van der Waals surface area contributed by atoms with Gasteiger partial charge in [0.05, 0.1) is 5.02 Å². The molecular formula is C26H40Cl4N2O. The number of benzene rings is 2. The van der Waals surface area contributed by atoms with Gasteiger partial charge in [0, 0.05) is 17.1 Å². The van der Waals surface area contributed by atoms with Crippen LogP contribution in [-0.4, -0.2) is 31.1 Å². The van der Waals surface area contributed by atoms with E-state index in [0.29, 0.717) is 28.9 Å². The molecular weight excluding hydrogens is 498 g/mol. The summed E-state index contributed by atoms with van der Waals surface area (Å²) in [4.78, 5) is 2.60. The fraction of sp³-hybridized carbons (Fsp3) is 0.538. The minimum absolute atomic E-state index is 0. The number of halogens is 4. The summed E-state index contributed by atoms with van der Waals surface area (Å²) in [6.07, 6.45) is 6.19. The molecule has 0 fully saturated rings. The molecule has 0 aromatic heterocycles. The van der Waals surface area contributed by atoms with Gasteiger partial charge in [-0.3, -0.25) is 0 Å². The van der Waals surface area contributed by atoms with Crippen molar-refractivity contribution < 1.29 is 4.74 Å². The lowest BCUT2D eigenvalue weighted by Crippen LogP contribution is -2.29. The maximum Gasteiger partial charge on any atom is 0.142 e. The van der Waals surface area contributed by atoms with Crippen LogP contribution in [0.15, 0.2) is 36.4 Å². The van der Waals surface area contributed by atoms with E-state index < -0.39 is 0 Å². The van der Waals surface area contributed by atoms with E-state index in [2.05, 4.69) is 55.3 Å². The van der Waals surface area contributed by atoms with Gasteiger partial charge in [-0.2, -0.15) is 0 Å². The summed E-state index contributed by atoms with van der Waals surface area (Å²) in [5.74, 6) is 0.714. The van der Waals surface area contributed by atoms with Gasteiger partial charge in [0.1, 0.15) is 12.4 Å². The Labute approximate surface area is 223 Å².